The topological polar surface area (TPSA) is 70.9 Å². The molecule has 2 aromatic heterocycles. The molecule has 4 rings (SSSR count). The summed E-state index contributed by atoms with van der Waals surface area (Å²) in [6.45, 7) is 5.58. The van der Waals surface area contributed by atoms with Crippen LogP contribution in [0.3, 0.4) is 0 Å². The van der Waals surface area contributed by atoms with E-state index in [0.717, 1.165) is 52.5 Å². The van der Waals surface area contributed by atoms with Gasteiger partial charge in [0.25, 0.3) is 0 Å². The number of fused-ring (bicyclic) bond motifs is 1. The average molecular weight is 389 g/mol. The molecule has 1 aliphatic rings. The lowest BCUT2D eigenvalue weighted by Gasteiger charge is -2.19. The summed E-state index contributed by atoms with van der Waals surface area (Å²) >= 11 is 0. The van der Waals surface area contributed by atoms with Gasteiger partial charge in [0.2, 0.25) is 0 Å². The van der Waals surface area contributed by atoms with Crippen molar-refractivity contribution in [3.05, 3.63) is 60.0 Å². The molecule has 5 nitrogen and oxygen atoms in total. The van der Waals surface area contributed by atoms with Crippen LogP contribution in [0, 0.1) is 24.2 Å². The molecule has 0 unspecified atom stereocenters. The van der Waals surface area contributed by atoms with Crippen LogP contribution < -0.4 is 5.32 Å². The van der Waals surface area contributed by atoms with Gasteiger partial charge in [-0.1, -0.05) is 13.0 Å². The molecule has 0 aliphatic heterocycles. The molecular formula is C24H28N4O. The van der Waals surface area contributed by atoms with Crippen molar-refractivity contribution in [2.24, 2.45) is 11.8 Å². The van der Waals surface area contributed by atoms with Crippen LogP contribution in [-0.4, -0.2) is 28.9 Å². The lowest BCUT2D eigenvalue weighted by Crippen LogP contribution is -2.21. The summed E-state index contributed by atoms with van der Waals surface area (Å²) in [5.74, 6) is 0.850. The number of hydrogen-bond acceptors (Lipinski definition) is 5. The second kappa shape index (κ2) is 8.70. The second-order valence-corrected chi connectivity index (χ2v) is 7.91. The van der Waals surface area contributed by atoms with E-state index in [1.807, 2.05) is 37.3 Å². The number of nitrogens with one attached hydrogen (secondary N) is 2. The second-order valence-electron chi connectivity index (χ2n) is 7.91. The van der Waals surface area contributed by atoms with Crippen molar-refractivity contribution in [3.63, 3.8) is 0 Å². The highest BCUT2D eigenvalue weighted by molar-refractivity contribution is 6.10. The van der Waals surface area contributed by atoms with Crippen LogP contribution in [0.25, 0.3) is 10.9 Å². The molecule has 29 heavy (non-hydrogen) atoms. The van der Waals surface area contributed by atoms with E-state index in [9.17, 15) is 0 Å². The fourth-order valence-corrected chi connectivity index (χ4v) is 3.55. The number of rotatable bonds is 9. The lowest BCUT2D eigenvalue weighted by atomic mass is 9.92. The number of anilines is 2. The van der Waals surface area contributed by atoms with Crippen LogP contribution in [0.5, 0.6) is 0 Å². The Kier molecular flexibility index (Phi) is 5.86. The average Bonchev–Trinajstić information content (AvgIpc) is 3.55. The van der Waals surface area contributed by atoms with Gasteiger partial charge in [-0.15, -0.1) is 0 Å². The quantitative estimate of drug-likeness (QED) is 0.475. The molecule has 0 radical (unpaired) electrons. The molecule has 1 fully saturated rings. The van der Waals surface area contributed by atoms with E-state index in [-0.39, 0.29) is 5.92 Å². The molecule has 0 spiro atoms. The summed E-state index contributed by atoms with van der Waals surface area (Å²) in [7, 11) is 0. The largest absolute Gasteiger partial charge is 0.380 e. The highest BCUT2D eigenvalue weighted by Crippen LogP contribution is 2.30. The van der Waals surface area contributed by atoms with Gasteiger partial charge < -0.3 is 15.5 Å². The van der Waals surface area contributed by atoms with E-state index in [1.165, 1.54) is 12.8 Å². The first kappa shape index (κ1) is 19.5. The third-order valence-electron chi connectivity index (χ3n) is 5.45. The summed E-state index contributed by atoms with van der Waals surface area (Å²) < 4.78 is 5.91. The smallest absolute Gasteiger partial charge is 0.0732 e. The van der Waals surface area contributed by atoms with E-state index in [2.05, 4.69) is 23.3 Å². The predicted molar refractivity (Wildman–Crippen MR) is 118 cm³/mol. The van der Waals surface area contributed by atoms with Crippen LogP contribution in [0.2, 0.25) is 0 Å². The van der Waals surface area contributed by atoms with Gasteiger partial charge in [0.15, 0.2) is 0 Å². The number of nitrogens with zero attached hydrogens (tertiary/aromatic N) is 2. The van der Waals surface area contributed by atoms with Gasteiger partial charge in [0, 0.05) is 46.8 Å². The molecule has 0 bridgehead atoms. The van der Waals surface area contributed by atoms with Gasteiger partial charge in [0.05, 0.1) is 24.0 Å². The van der Waals surface area contributed by atoms with E-state index < -0.39 is 0 Å². The highest BCUT2D eigenvalue weighted by atomic mass is 16.5. The molecule has 2 N–H and O–H groups in total. The molecular weight excluding hydrogens is 360 g/mol. The molecule has 5 heteroatoms. The fraction of sp³-hybridized carbons (Fsp3) is 0.375. The Balaban J connectivity index is 1.58. The summed E-state index contributed by atoms with van der Waals surface area (Å²) in [6, 6.07) is 12.0. The Bertz CT molecular complexity index is 998. The minimum absolute atomic E-state index is 0.104. The zero-order chi connectivity index (χ0) is 20.2. The van der Waals surface area contributed by atoms with Gasteiger partial charge >= 0.3 is 0 Å². The van der Waals surface area contributed by atoms with E-state index in [0.29, 0.717) is 12.3 Å². The Hall–Kier alpha value is -2.79. The Morgan fingerprint density at radius 1 is 1.24 bits per heavy atom. The van der Waals surface area contributed by atoms with Crippen molar-refractivity contribution >= 4 is 28.0 Å². The first-order valence-corrected chi connectivity index (χ1v) is 10.4. The summed E-state index contributed by atoms with van der Waals surface area (Å²) in [6.07, 6.45) is 7.03. The van der Waals surface area contributed by atoms with Crippen LogP contribution in [0.1, 0.15) is 37.4 Å². The highest BCUT2D eigenvalue weighted by Gasteiger charge is 2.23. The maximum absolute atomic E-state index is 8.87. The first-order valence-electron chi connectivity index (χ1n) is 10.4. The third-order valence-corrected chi connectivity index (χ3v) is 5.45. The van der Waals surface area contributed by atoms with Crippen molar-refractivity contribution in [1.29, 1.82) is 5.41 Å². The van der Waals surface area contributed by atoms with E-state index >= 15 is 0 Å². The lowest BCUT2D eigenvalue weighted by molar-refractivity contribution is 0.107. The Morgan fingerprint density at radius 3 is 2.83 bits per heavy atom. The molecule has 1 aromatic carbocycles. The van der Waals surface area contributed by atoms with Gasteiger partial charge in [-0.3, -0.25) is 9.97 Å². The molecule has 1 atom stereocenters. The normalized spacial score (nSPS) is 14.7. The molecule has 2 heterocycles. The molecule has 1 aliphatic carbocycles. The van der Waals surface area contributed by atoms with Crippen LogP contribution in [0.15, 0.2) is 48.8 Å². The monoisotopic (exact) mass is 388 g/mol. The predicted octanol–water partition coefficient (Wildman–Crippen LogP) is 5.50. The molecule has 0 amide bonds. The van der Waals surface area contributed by atoms with Crippen molar-refractivity contribution in [2.75, 3.05) is 18.5 Å². The van der Waals surface area contributed by atoms with Crippen LogP contribution in [0.4, 0.5) is 11.4 Å². The fourth-order valence-electron chi connectivity index (χ4n) is 3.55. The number of aromatic nitrogens is 2. The van der Waals surface area contributed by atoms with Crippen molar-refractivity contribution in [1.82, 2.24) is 9.97 Å². The summed E-state index contributed by atoms with van der Waals surface area (Å²) in [4.78, 5) is 8.86. The van der Waals surface area contributed by atoms with E-state index in [4.69, 9.17) is 15.1 Å². The zero-order valence-electron chi connectivity index (χ0n) is 17.1. The number of benzene rings is 1. The Labute approximate surface area is 172 Å². The molecule has 1 saturated carbocycles. The summed E-state index contributed by atoms with van der Waals surface area (Å²) in [5.41, 5.74) is 5.32. The van der Waals surface area contributed by atoms with Crippen molar-refractivity contribution in [2.45, 2.75) is 33.1 Å². The van der Waals surface area contributed by atoms with E-state index in [1.54, 1.807) is 12.4 Å². The minimum Gasteiger partial charge on any atom is -0.380 e. The standard InChI is InChI=1S/C24H28N4O/c1-3-18(15-29-14-17-6-7-17)24(25)22-11-16(2)27-23-12-19(8-9-21(22)23)28-20-5-4-10-26-13-20/h4-5,8-13,17-18,25,28H,3,6-7,14-15H2,1-2H3/t18-/m1/s1. The summed E-state index contributed by atoms with van der Waals surface area (Å²) in [5, 5.41) is 13.2. The number of hydrogen-bond donors (Lipinski definition) is 2. The van der Waals surface area contributed by atoms with Crippen molar-refractivity contribution < 1.29 is 4.74 Å². The van der Waals surface area contributed by atoms with Crippen molar-refractivity contribution in [3.8, 4) is 0 Å². The Morgan fingerprint density at radius 2 is 2.10 bits per heavy atom. The van der Waals surface area contributed by atoms with Gasteiger partial charge in [-0.2, -0.15) is 0 Å². The van der Waals surface area contributed by atoms with Crippen LogP contribution >= 0.6 is 0 Å². The SMILES string of the molecule is CC[C@H](COCC1CC1)C(=N)c1cc(C)nc2cc(Nc3cccnc3)ccc12. The molecule has 0 saturated heterocycles. The maximum atomic E-state index is 8.87. The first-order chi connectivity index (χ1) is 14.1. The number of ether oxygens (including phenoxy) is 1. The maximum Gasteiger partial charge on any atom is 0.0732 e. The van der Waals surface area contributed by atoms with Crippen LogP contribution in [-0.2, 0) is 4.74 Å². The van der Waals surface area contributed by atoms with Gasteiger partial charge in [-0.05, 0) is 62.4 Å². The molecule has 150 valence electrons. The van der Waals surface area contributed by atoms with Gasteiger partial charge in [-0.25, -0.2) is 0 Å². The zero-order valence-corrected chi connectivity index (χ0v) is 17.1. The van der Waals surface area contributed by atoms with Gasteiger partial charge in [0.1, 0.15) is 0 Å². The number of pyridine rings is 2. The minimum atomic E-state index is 0.104. The molecule has 3 aromatic rings. The third kappa shape index (κ3) is 4.80. The number of aryl methyl sites for hydroxylation is 1.